The lowest BCUT2D eigenvalue weighted by molar-refractivity contribution is -0.139. The Bertz CT molecular complexity index is 1800. The fraction of sp³-hybridized carbons (Fsp3) is 0.700. The first-order chi connectivity index (χ1) is 31.9. The molecule has 0 saturated carbocycles. The Labute approximate surface area is 392 Å². The molecule has 0 aromatic heterocycles. The van der Waals surface area contributed by atoms with Gasteiger partial charge in [0.15, 0.2) is 0 Å². The summed E-state index contributed by atoms with van der Waals surface area (Å²) in [5, 5.41) is 41.3. The first kappa shape index (κ1) is 59.5. The van der Waals surface area contributed by atoms with Gasteiger partial charge in [0.1, 0.15) is 48.3 Å². The molecule has 0 bridgehead atoms. The molecule has 1 saturated heterocycles. The summed E-state index contributed by atoms with van der Waals surface area (Å²) < 4.78 is 0. The summed E-state index contributed by atoms with van der Waals surface area (Å²) in [7, 11) is 0. The molecule has 0 unspecified atom stereocenters. The number of carboxylic acid groups (broad SMARTS) is 1. The molecule has 1 aliphatic rings. The van der Waals surface area contributed by atoms with Crippen LogP contribution in [-0.2, 0) is 57.5 Å². The summed E-state index contributed by atoms with van der Waals surface area (Å²) in [6.45, 7) is 3.56. The van der Waals surface area contributed by atoms with Crippen LogP contribution in [-0.4, -0.2) is 162 Å². The fourth-order valence-corrected chi connectivity index (χ4v) is 6.62. The summed E-state index contributed by atoms with van der Waals surface area (Å²) >= 11 is 0. The molecule has 0 aromatic carbocycles. The highest BCUT2D eigenvalue weighted by atomic mass is 16.4. The highest BCUT2D eigenvalue weighted by Gasteiger charge is 2.37. The number of aliphatic carboxylic acids is 1. The van der Waals surface area contributed by atoms with Gasteiger partial charge < -0.3 is 86.7 Å². The second-order valence-corrected chi connectivity index (χ2v) is 16.5. The smallest absolute Gasteiger partial charge is 0.303 e. The van der Waals surface area contributed by atoms with Crippen molar-refractivity contribution in [1.82, 2.24) is 47.9 Å². The van der Waals surface area contributed by atoms with Gasteiger partial charge >= 0.3 is 5.97 Å². The Kier molecular flexibility index (Phi) is 26.9. The molecule has 0 radical (unpaired) electrons. The molecule has 21 N–H and O–H groups in total. The fourth-order valence-electron chi connectivity index (χ4n) is 6.62. The van der Waals surface area contributed by atoms with Gasteiger partial charge in [-0.05, 0) is 83.8 Å². The van der Waals surface area contributed by atoms with Crippen LogP contribution in [0.3, 0.4) is 0 Å². The van der Waals surface area contributed by atoms with Crippen LogP contribution < -0.4 is 76.5 Å². The van der Waals surface area contributed by atoms with E-state index in [0.29, 0.717) is 6.42 Å². The maximum atomic E-state index is 13.9. The summed E-state index contributed by atoms with van der Waals surface area (Å²) in [5.41, 5.74) is 27.7. The van der Waals surface area contributed by atoms with Crippen LogP contribution in [0.4, 0.5) is 0 Å². The number of primary amides is 2. The molecule has 1 fully saturated rings. The standard InChI is InChI=1S/C40H70N14O14/c1-19(2)31-39(67)52-26(17-28(45)57)38(66)48-21(9-6-14-42)33(61)46-18-29(58)47-25(16-27(44)56)37(65)50-24(11-12-30(59)60)34(62)49-22(8-4-5-13-41)36(64)54-32(20(3)55)40(68)51-23(10-7-15-43)35(63)53-31/h19-26,31-32,55H,4-18,41-43H2,1-3H3,(H2,44,56)(H2,45,57)(H,46,61)(H,47,58)(H,48,66)(H,49,62)(H,50,65)(H,51,68)(H,52,67)(H,53,63)(H,54,64)(H,59,60)/t20-,21+,22+,23+,24+,25+,26+,31+,32+/m1/s1. The molecule has 28 heteroatoms. The van der Waals surface area contributed by atoms with Gasteiger partial charge in [0.2, 0.25) is 65.0 Å². The molecule has 0 spiro atoms. The van der Waals surface area contributed by atoms with E-state index in [1.54, 1.807) is 0 Å². The van der Waals surface area contributed by atoms with Crippen LogP contribution in [0.2, 0.25) is 0 Å². The Hall–Kier alpha value is -6.52. The Morgan fingerprint density at radius 2 is 0.868 bits per heavy atom. The van der Waals surface area contributed by atoms with Crippen molar-refractivity contribution in [3.63, 3.8) is 0 Å². The quantitative estimate of drug-likeness (QED) is 0.0535. The summed E-state index contributed by atoms with van der Waals surface area (Å²) in [5.74, 6) is -13.8. The van der Waals surface area contributed by atoms with Gasteiger partial charge in [-0.2, -0.15) is 0 Å². The second-order valence-electron chi connectivity index (χ2n) is 16.5. The Morgan fingerprint density at radius 1 is 0.500 bits per heavy atom. The molecular formula is C40H70N14O14. The number of aliphatic hydroxyl groups is 1. The van der Waals surface area contributed by atoms with Crippen molar-refractivity contribution >= 4 is 70.9 Å². The number of hydrogen-bond donors (Lipinski definition) is 16. The molecule has 28 nitrogen and oxygen atoms in total. The van der Waals surface area contributed by atoms with E-state index in [-0.39, 0.29) is 58.2 Å². The second kappa shape index (κ2) is 30.7. The van der Waals surface area contributed by atoms with E-state index in [1.165, 1.54) is 13.8 Å². The molecule has 1 rings (SSSR count). The van der Waals surface area contributed by atoms with Crippen molar-refractivity contribution in [2.45, 2.75) is 146 Å². The van der Waals surface area contributed by atoms with Crippen LogP contribution >= 0.6 is 0 Å². The molecule has 11 amide bonds. The van der Waals surface area contributed by atoms with Crippen molar-refractivity contribution < 1.29 is 67.7 Å². The minimum Gasteiger partial charge on any atom is -0.481 e. The van der Waals surface area contributed by atoms with Crippen molar-refractivity contribution in [3.8, 4) is 0 Å². The molecule has 1 aliphatic heterocycles. The molecular weight excluding hydrogens is 901 g/mol. The van der Waals surface area contributed by atoms with Crippen LogP contribution in [0.25, 0.3) is 0 Å². The number of amides is 11. The number of unbranched alkanes of at least 4 members (excludes halogenated alkanes) is 1. The third-order valence-electron chi connectivity index (χ3n) is 10.3. The van der Waals surface area contributed by atoms with E-state index in [9.17, 15) is 67.7 Å². The van der Waals surface area contributed by atoms with Gasteiger partial charge in [-0.15, -0.1) is 0 Å². The number of carbonyl (C=O) groups is 12. The lowest BCUT2D eigenvalue weighted by Crippen LogP contribution is -2.62. The number of nitrogens with one attached hydrogen (secondary N) is 9. The molecule has 9 atom stereocenters. The molecule has 0 aliphatic carbocycles. The maximum Gasteiger partial charge on any atom is 0.303 e. The van der Waals surface area contributed by atoms with Gasteiger partial charge in [-0.1, -0.05) is 13.8 Å². The number of carbonyl (C=O) groups excluding carboxylic acids is 11. The number of rotatable bonds is 19. The van der Waals surface area contributed by atoms with Gasteiger partial charge in [-0.3, -0.25) is 57.5 Å². The third-order valence-corrected chi connectivity index (χ3v) is 10.3. The van der Waals surface area contributed by atoms with Gasteiger partial charge in [0.05, 0.1) is 25.5 Å². The third kappa shape index (κ3) is 21.9. The van der Waals surface area contributed by atoms with Gasteiger partial charge in [0.25, 0.3) is 0 Å². The van der Waals surface area contributed by atoms with E-state index in [0.717, 1.165) is 6.92 Å². The summed E-state index contributed by atoms with van der Waals surface area (Å²) in [6, 6.07) is -12.9. The predicted molar refractivity (Wildman–Crippen MR) is 239 cm³/mol. The molecule has 1 heterocycles. The van der Waals surface area contributed by atoms with Crippen molar-refractivity contribution in [2.24, 2.45) is 34.6 Å². The van der Waals surface area contributed by atoms with Crippen LogP contribution in [0, 0.1) is 5.92 Å². The topological polar surface area (TPSA) is 484 Å². The summed E-state index contributed by atoms with van der Waals surface area (Å²) in [4.78, 5) is 159. The van der Waals surface area contributed by atoms with E-state index in [1.807, 2.05) is 0 Å². The molecule has 0 aromatic rings. The van der Waals surface area contributed by atoms with Crippen molar-refractivity contribution in [3.05, 3.63) is 0 Å². The number of nitrogens with two attached hydrogens (primary N) is 5. The van der Waals surface area contributed by atoms with Crippen LogP contribution in [0.15, 0.2) is 0 Å². The minimum atomic E-state index is -1.82. The highest BCUT2D eigenvalue weighted by molar-refractivity contribution is 6.00. The van der Waals surface area contributed by atoms with E-state index in [4.69, 9.17) is 28.7 Å². The van der Waals surface area contributed by atoms with Gasteiger partial charge in [-0.25, -0.2) is 0 Å². The Balaban J connectivity index is 3.96. The zero-order valence-electron chi connectivity index (χ0n) is 38.6. The predicted octanol–water partition coefficient (Wildman–Crippen LogP) is -7.75. The van der Waals surface area contributed by atoms with Crippen LogP contribution in [0.1, 0.15) is 91.4 Å². The van der Waals surface area contributed by atoms with E-state index >= 15 is 0 Å². The zero-order chi connectivity index (χ0) is 51.7. The average molecular weight is 971 g/mol. The normalized spacial score (nSPS) is 25.1. The Morgan fingerprint density at radius 3 is 1.31 bits per heavy atom. The van der Waals surface area contributed by atoms with Crippen molar-refractivity contribution in [1.29, 1.82) is 0 Å². The van der Waals surface area contributed by atoms with Crippen LogP contribution in [0.5, 0.6) is 0 Å². The maximum absolute atomic E-state index is 13.9. The van der Waals surface area contributed by atoms with Crippen molar-refractivity contribution in [2.75, 3.05) is 26.2 Å². The molecule has 68 heavy (non-hydrogen) atoms. The lowest BCUT2D eigenvalue weighted by Gasteiger charge is -2.29. The van der Waals surface area contributed by atoms with Gasteiger partial charge in [0, 0.05) is 6.42 Å². The lowest BCUT2D eigenvalue weighted by atomic mass is 10.0. The number of carboxylic acids is 1. The minimum absolute atomic E-state index is 0.0287. The average Bonchev–Trinajstić information content (AvgIpc) is 3.25. The number of hydrogen-bond acceptors (Lipinski definition) is 16. The highest BCUT2D eigenvalue weighted by Crippen LogP contribution is 2.10. The first-order valence-electron chi connectivity index (χ1n) is 22.2. The largest absolute Gasteiger partial charge is 0.481 e. The van der Waals surface area contributed by atoms with E-state index in [2.05, 4.69) is 47.9 Å². The zero-order valence-corrected chi connectivity index (χ0v) is 38.6. The summed E-state index contributed by atoms with van der Waals surface area (Å²) in [6.07, 6.45) is -4.15. The monoisotopic (exact) mass is 971 g/mol. The van der Waals surface area contributed by atoms with E-state index < -0.39 is 164 Å². The SMILES string of the molecule is CC(C)[C@@H]1NC(=O)[C@H](CCCN)NC(=O)[C@H]([C@@H](C)O)NC(=O)[C@H](CCCCN)NC(=O)[C@H](CCC(=O)O)NC(=O)[C@H](CC(N)=O)NC(=O)CNC(=O)[C@H](CCCN)NC(=O)[C@H](CC(N)=O)NC1=O. The molecule has 384 valence electrons. The first-order valence-corrected chi connectivity index (χ1v) is 22.2. The number of aliphatic hydroxyl groups excluding tert-OH is 1.